The molecule has 140 valence electrons. The van der Waals surface area contributed by atoms with E-state index in [0.717, 1.165) is 29.7 Å². The van der Waals surface area contributed by atoms with E-state index in [-0.39, 0.29) is 17.3 Å². The fourth-order valence-electron chi connectivity index (χ4n) is 4.38. The van der Waals surface area contributed by atoms with E-state index in [9.17, 15) is 14.4 Å². The normalized spacial score (nSPS) is 22.3. The number of benzene rings is 1. The summed E-state index contributed by atoms with van der Waals surface area (Å²) in [6, 6.07) is 7.75. The number of nitrogens with one attached hydrogen (secondary N) is 1. The maximum Gasteiger partial charge on any atom is 0.337 e. The minimum atomic E-state index is -0.574. The van der Waals surface area contributed by atoms with Crippen molar-refractivity contribution in [3.63, 3.8) is 0 Å². The summed E-state index contributed by atoms with van der Waals surface area (Å²) in [5, 5.41) is 2.83. The Kier molecular flexibility index (Phi) is 4.34. The smallest absolute Gasteiger partial charge is 0.337 e. The zero-order chi connectivity index (χ0) is 19.1. The standard InChI is InChI=1S/C21H22N2O4/c1-12-5-3-6-13(11-12)16-17-14(7-4-8-15(17)24)23-10-9-22-20(25)19(23)18(16)21(26)27-2/h3,5-6,11,16H,4,7-10H2,1-2H3,(H,22,25). The van der Waals surface area contributed by atoms with E-state index in [2.05, 4.69) is 5.32 Å². The van der Waals surface area contributed by atoms with Crippen LogP contribution in [0.3, 0.4) is 0 Å². The first-order chi connectivity index (χ1) is 13.0. The van der Waals surface area contributed by atoms with Crippen molar-refractivity contribution in [3.05, 3.63) is 57.9 Å². The van der Waals surface area contributed by atoms with Crippen LogP contribution in [-0.4, -0.2) is 42.8 Å². The molecule has 1 aromatic rings. The number of ketones is 1. The Labute approximate surface area is 157 Å². The van der Waals surface area contributed by atoms with Gasteiger partial charge in [-0.15, -0.1) is 0 Å². The molecule has 0 saturated carbocycles. The predicted molar refractivity (Wildman–Crippen MR) is 98.6 cm³/mol. The molecule has 6 nitrogen and oxygen atoms in total. The van der Waals surface area contributed by atoms with Crippen molar-refractivity contribution in [1.82, 2.24) is 10.2 Å². The molecule has 1 atom stereocenters. The van der Waals surface area contributed by atoms with Gasteiger partial charge in [0.1, 0.15) is 5.70 Å². The lowest BCUT2D eigenvalue weighted by atomic mass is 9.74. The molecule has 2 heterocycles. The number of piperazine rings is 1. The van der Waals surface area contributed by atoms with Crippen LogP contribution >= 0.6 is 0 Å². The van der Waals surface area contributed by atoms with E-state index in [1.807, 2.05) is 36.1 Å². The van der Waals surface area contributed by atoms with Crippen molar-refractivity contribution in [2.75, 3.05) is 20.2 Å². The third-order valence-electron chi connectivity index (χ3n) is 5.47. The van der Waals surface area contributed by atoms with E-state index in [1.165, 1.54) is 7.11 Å². The zero-order valence-corrected chi connectivity index (χ0v) is 15.5. The third-order valence-corrected chi connectivity index (χ3v) is 5.47. The van der Waals surface area contributed by atoms with Gasteiger partial charge in [-0.25, -0.2) is 4.79 Å². The van der Waals surface area contributed by atoms with Crippen LogP contribution in [0.1, 0.15) is 36.3 Å². The highest BCUT2D eigenvalue weighted by atomic mass is 16.5. The van der Waals surface area contributed by atoms with Crippen molar-refractivity contribution in [1.29, 1.82) is 0 Å². The van der Waals surface area contributed by atoms with Gasteiger partial charge in [-0.2, -0.15) is 0 Å². The molecule has 1 unspecified atom stereocenters. The second kappa shape index (κ2) is 6.68. The van der Waals surface area contributed by atoms with Crippen molar-refractivity contribution < 1.29 is 19.1 Å². The predicted octanol–water partition coefficient (Wildman–Crippen LogP) is 1.96. The van der Waals surface area contributed by atoms with Crippen LogP contribution in [0.5, 0.6) is 0 Å². The van der Waals surface area contributed by atoms with Gasteiger partial charge in [0.05, 0.1) is 12.7 Å². The van der Waals surface area contributed by atoms with Gasteiger partial charge in [0, 0.05) is 36.7 Å². The van der Waals surface area contributed by atoms with E-state index < -0.39 is 11.9 Å². The fraction of sp³-hybridized carbons (Fsp3) is 0.381. The van der Waals surface area contributed by atoms with Gasteiger partial charge in [0.2, 0.25) is 0 Å². The van der Waals surface area contributed by atoms with Crippen molar-refractivity contribution in [2.24, 2.45) is 0 Å². The van der Waals surface area contributed by atoms with E-state index in [0.29, 0.717) is 30.8 Å². The number of Topliss-reactive ketones (excluding diaryl/α,β-unsaturated/α-hetero) is 1. The molecule has 27 heavy (non-hydrogen) atoms. The molecular formula is C21H22N2O4. The maximum atomic E-state index is 12.9. The number of allylic oxidation sites excluding steroid dienone is 2. The zero-order valence-electron chi connectivity index (χ0n) is 15.5. The SMILES string of the molecule is COC(=O)C1=C2C(=O)NCCN2C2=C(C(=O)CCC2)C1c1cccc(C)c1. The van der Waals surface area contributed by atoms with Crippen LogP contribution in [0.4, 0.5) is 0 Å². The molecule has 0 spiro atoms. The van der Waals surface area contributed by atoms with Gasteiger partial charge in [0.15, 0.2) is 5.78 Å². The first kappa shape index (κ1) is 17.5. The number of aryl methyl sites for hydroxylation is 1. The van der Waals surface area contributed by atoms with Crippen LogP contribution in [-0.2, 0) is 19.1 Å². The number of methoxy groups -OCH3 is 1. The molecule has 1 aliphatic carbocycles. The lowest BCUT2D eigenvalue weighted by Gasteiger charge is -2.43. The Morgan fingerprint density at radius 2 is 2.07 bits per heavy atom. The molecule has 1 fully saturated rings. The molecule has 6 heteroatoms. The second-order valence-corrected chi connectivity index (χ2v) is 7.15. The van der Waals surface area contributed by atoms with Crippen LogP contribution in [0.2, 0.25) is 0 Å². The van der Waals surface area contributed by atoms with Crippen LogP contribution in [0.15, 0.2) is 46.8 Å². The van der Waals surface area contributed by atoms with Crippen molar-refractivity contribution in [3.8, 4) is 0 Å². The number of carbonyl (C=O) groups excluding carboxylic acids is 3. The number of carbonyl (C=O) groups is 3. The van der Waals surface area contributed by atoms with Crippen molar-refractivity contribution >= 4 is 17.7 Å². The number of esters is 1. The summed E-state index contributed by atoms with van der Waals surface area (Å²) >= 11 is 0. The molecule has 1 N–H and O–H groups in total. The van der Waals surface area contributed by atoms with Gasteiger partial charge < -0.3 is 15.0 Å². The Morgan fingerprint density at radius 1 is 1.26 bits per heavy atom. The summed E-state index contributed by atoms with van der Waals surface area (Å²) in [6.07, 6.45) is 1.96. The van der Waals surface area contributed by atoms with E-state index >= 15 is 0 Å². The maximum absolute atomic E-state index is 12.9. The number of ether oxygens (including phenoxy) is 1. The lowest BCUT2D eigenvalue weighted by Crippen LogP contribution is -2.50. The summed E-state index contributed by atoms with van der Waals surface area (Å²) in [7, 11) is 1.31. The van der Waals surface area contributed by atoms with E-state index in [1.54, 1.807) is 0 Å². The van der Waals surface area contributed by atoms with Crippen LogP contribution < -0.4 is 5.32 Å². The van der Waals surface area contributed by atoms with Crippen LogP contribution in [0, 0.1) is 6.92 Å². The highest BCUT2D eigenvalue weighted by Gasteiger charge is 2.45. The molecule has 0 aromatic heterocycles. The summed E-state index contributed by atoms with van der Waals surface area (Å²) < 4.78 is 5.05. The summed E-state index contributed by atoms with van der Waals surface area (Å²) in [6.45, 7) is 3.00. The quantitative estimate of drug-likeness (QED) is 0.810. The molecule has 1 aromatic carbocycles. The summed E-state index contributed by atoms with van der Waals surface area (Å²) in [5.41, 5.74) is 3.98. The van der Waals surface area contributed by atoms with Gasteiger partial charge >= 0.3 is 5.97 Å². The number of hydrogen-bond donors (Lipinski definition) is 1. The Hall–Kier alpha value is -2.89. The van der Waals surface area contributed by atoms with E-state index in [4.69, 9.17) is 4.74 Å². The monoisotopic (exact) mass is 366 g/mol. The lowest BCUT2D eigenvalue weighted by molar-refractivity contribution is -0.137. The highest BCUT2D eigenvalue weighted by Crippen LogP contribution is 2.46. The Balaban J connectivity index is 2.02. The number of amides is 1. The average molecular weight is 366 g/mol. The second-order valence-electron chi connectivity index (χ2n) is 7.15. The van der Waals surface area contributed by atoms with Crippen molar-refractivity contribution in [2.45, 2.75) is 32.1 Å². The summed E-state index contributed by atoms with van der Waals surface area (Å²) in [4.78, 5) is 40.3. The number of hydrogen-bond acceptors (Lipinski definition) is 5. The molecule has 0 bridgehead atoms. The fourth-order valence-corrected chi connectivity index (χ4v) is 4.38. The topological polar surface area (TPSA) is 75.7 Å². The van der Waals surface area contributed by atoms with Crippen LogP contribution in [0.25, 0.3) is 0 Å². The first-order valence-corrected chi connectivity index (χ1v) is 9.24. The molecular weight excluding hydrogens is 344 g/mol. The third kappa shape index (κ3) is 2.76. The summed E-state index contributed by atoms with van der Waals surface area (Å²) in [5.74, 6) is -1.38. The van der Waals surface area contributed by atoms with Gasteiger partial charge in [-0.3, -0.25) is 9.59 Å². The first-order valence-electron chi connectivity index (χ1n) is 9.24. The average Bonchev–Trinajstić information content (AvgIpc) is 2.67. The minimum absolute atomic E-state index is 0.0502. The molecule has 1 amide bonds. The number of rotatable bonds is 2. The largest absolute Gasteiger partial charge is 0.466 e. The highest BCUT2D eigenvalue weighted by molar-refractivity contribution is 6.09. The molecule has 3 aliphatic rings. The number of fused-ring (bicyclic) bond motifs is 2. The molecule has 1 saturated heterocycles. The van der Waals surface area contributed by atoms with Gasteiger partial charge in [0.25, 0.3) is 5.91 Å². The van der Waals surface area contributed by atoms with Gasteiger partial charge in [-0.1, -0.05) is 29.8 Å². The Morgan fingerprint density at radius 3 is 2.81 bits per heavy atom. The van der Waals surface area contributed by atoms with Gasteiger partial charge in [-0.05, 0) is 25.3 Å². The number of nitrogens with zero attached hydrogens (tertiary/aromatic N) is 1. The molecule has 2 aliphatic heterocycles. The molecule has 4 rings (SSSR count). The Bertz CT molecular complexity index is 913. The minimum Gasteiger partial charge on any atom is -0.466 e. The molecule has 0 radical (unpaired) electrons.